The van der Waals surface area contributed by atoms with Crippen LogP contribution >= 0.6 is 11.8 Å². The van der Waals surface area contributed by atoms with Gasteiger partial charge in [-0.3, -0.25) is 18.6 Å². The molecule has 4 rings (SSSR count). The van der Waals surface area contributed by atoms with Crippen molar-refractivity contribution in [3.63, 3.8) is 0 Å². The van der Waals surface area contributed by atoms with Gasteiger partial charge in [-0.05, 0) is 48.9 Å². The molecule has 7 nitrogen and oxygen atoms in total. The molecule has 4 aromatic rings. The third-order valence-electron chi connectivity index (χ3n) is 5.76. The predicted octanol–water partition coefficient (Wildman–Crippen LogP) is 4.62. The summed E-state index contributed by atoms with van der Waals surface area (Å²) in [5, 5.41) is 12.9. The summed E-state index contributed by atoms with van der Waals surface area (Å²) in [4.78, 5) is 25.7. The lowest BCUT2D eigenvalue weighted by Crippen LogP contribution is -2.28. The molecule has 34 heavy (non-hydrogen) atoms. The second-order valence-electron chi connectivity index (χ2n) is 9.01. The fraction of sp³-hybridized carbons (Fsp3) is 0.385. The summed E-state index contributed by atoms with van der Waals surface area (Å²) in [6.07, 6.45) is 1.85. The van der Waals surface area contributed by atoms with Crippen LogP contribution in [0.15, 0.2) is 58.5 Å². The molecule has 2 heterocycles. The molecule has 2 aromatic heterocycles. The molecule has 178 valence electrons. The number of para-hydroxylation sites is 1. The molecule has 0 aliphatic heterocycles. The monoisotopic (exact) mass is 477 g/mol. The molecule has 0 aliphatic rings. The second-order valence-corrected chi connectivity index (χ2v) is 9.95. The van der Waals surface area contributed by atoms with E-state index >= 15 is 0 Å². The van der Waals surface area contributed by atoms with Gasteiger partial charge in [0.25, 0.3) is 5.56 Å². The van der Waals surface area contributed by atoms with E-state index in [1.165, 1.54) is 17.3 Å². The maximum absolute atomic E-state index is 12.9. The Hall–Kier alpha value is -3.13. The number of nitrogens with zero attached hydrogens (tertiary/aromatic N) is 4. The van der Waals surface area contributed by atoms with Crippen LogP contribution < -0.4 is 10.9 Å². The first-order valence-electron chi connectivity index (χ1n) is 11.8. The molecule has 0 saturated carbocycles. The van der Waals surface area contributed by atoms with Crippen LogP contribution in [0.25, 0.3) is 16.7 Å². The van der Waals surface area contributed by atoms with Gasteiger partial charge in [0.15, 0.2) is 5.16 Å². The Morgan fingerprint density at radius 2 is 1.79 bits per heavy atom. The molecule has 0 radical (unpaired) electrons. The van der Waals surface area contributed by atoms with E-state index in [-0.39, 0.29) is 23.3 Å². The Labute approximate surface area is 203 Å². The highest BCUT2D eigenvalue weighted by atomic mass is 32.2. The first-order chi connectivity index (χ1) is 16.4. The fourth-order valence-electron chi connectivity index (χ4n) is 4.16. The third-order valence-corrected chi connectivity index (χ3v) is 6.69. The number of aromatic nitrogens is 4. The maximum atomic E-state index is 12.9. The largest absolute Gasteiger partial charge is 0.349 e. The first kappa shape index (κ1) is 24.0. The standard InChI is InChI=1S/C26H31N5O2S/c1-5-14-30-24(33)21-8-6-7-9-22(21)31-25(30)28-29-26(31)34-16-23(32)27-18(4)20-12-10-19(11-13-20)15-17(2)3/h6-13,17-18H,5,14-16H2,1-4H3,(H,27,32). The quantitative estimate of drug-likeness (QED) is 0.356. The summed E-state index contributed by atoms with van der Waals surface area (Å²) in [5.74, 6) is 1.25. The van der Waals surface area contributed by atoms with Gasteiger partial charge < -0.3 is 5.32 Å². The summed E-state index contributed by atoms with van der Waals surface area (Å²) >= 11 is 1.32. The lowest BCUT2D eigenvalue weighted by atomic mass is 10.00. The van der Waals surface area contributed by atoms with Crippen molar-refractivity contribution in [3.8, 4) is 0 Å². The summed E-state index contributed by atoms with van der Waals surface area (Å²) in [7, 11) is 0. The minimum absolute atomic E-state index is 0.0696. The molecule has 0 fully saturated rings. The molecule has 1 amide bonds. The van der Waals surface area contributed by atoms with Crippen LogP contribution in [0.5, 0.6) is 0 Å². The number of fused-ring (bicyclic) bond motifs is 3. The molecule has 0 bridgehead atoms. The number of hydrogen-bond donors (Lipinski definition) is 1. The highest BCUT2D eigenvalue weighted by Gasteiger charge is 2.18. The Morgan fingerprint density at radius 1 is 1.06 bits per heavy atom. The minimum atomic E-state index is -0.0908. The number of thioether (sulfide) groups is 1. The number of carbonyl (C=O) groups is 1. The van der Waals surface area contributed by atoms with Gasteiger partial charge in [0.2, 0.25) is 11.7 Å². The van der Waals surface area contributed by atoms with Crippen molar-refractivity contribution in [2.45, 2.75) is 58.3 Å². The topological polar surface area (TPSA) is 81.3 Å². The minimum Gasteiger partial charge on any atom is -0.349 e. The van der Waals surface area contributed by atoms with Gasteiger partial charge in [-0.15, -0.1) is 10.2 Å². The van der Waals surface area contributed by atoms with E-state index < -0.39 is 0 Å². The average Bonchev–Trinajstić information content (AvgIpc) is 3.24. The smallest absolute Gasteiger partial charge is 0.262 e. The highest BCUT2D eigenvalue weighted by Crippen LogP contribution is 2.22. The van der Waals surface area contributed by atoms with Gasteiger partial charge in [-0.25, -0.2) is 0 Å². The van der Waals surface area contributed by atoms with Crippen molar-refractivity contribution in [1.82, 2.24) is 24.5 Å². The lowest BCUT2D eigenvalue weighted by molar-refractivity contribution is -0.119. The number of carbonyl (C=O) groups excluding carboxylic acids is 1. The molecular weight excluding hydrogens is 446 g/mol. The van der Waals surface area contributed by atoms with Gasteiger partial charge in [0.05, 0.1) is 22.7 Å². The van der Waals surface area contributed by atoms with E-state index in [0.29, 0.717) is 28.8 Å². The third kappa shape index (κ3) is 5.01. The van der Waals surface area contributed by atoms with E-state index in [0.717, 1.165) is 23.9 Å². The summed E-state index contributed by atoms with van der Waals surface area (Å²) in [5.41, 5.74) is 3.06. The molecule has 0 spiro atoms. The zero-order valence-corrected chi connectivity index (χ0v) is 20.9. The highest BCUT2D eigenvalue weighted by molar-refractivity contribution is 7.99. The summed E-state index contributed by atoms with van der Waals surface area (Å²) in [6, 6.07) is 15.8. The van der Waals surface area contributed by atoms with E-state index in [9.17, 15) is 9.59 Å². The molecule has 1 unspecified atom stereocenters. The molecule has 0 saturated heterocycles. The van der Waals surface area contributed by atoms with Gasteiger partial charge in [0.1, 0.15) is 0 Å². The Bertz CT molecular complexity index is 1360. The van der Waals surface area contributed by atoms with Gasteiger partial charge in [-0.2, -0.15) is 0 Å². The molecule has 1 atom stereocenters. The van der Waals surface area contributed by atoms with Crippen LogP contribution in [-0.4, -0.2) is 30.8 Å². The fourth-order valence-corrected chi connectivity index (χ4v) is 4.91. The van der Waals surface area contributed by atoms with Crippen LogP contribution in [0, 0.1) is 5.92 Å². The van der Waals surface area contributed by atoms with E-state index in [4.69, 9.17) is 0 Å². The zero-order valence-electron chi connectivity index (χ0n) is 20.1. The van der Waals surface area contributed by atoms with Crippen LogP contribution in [0.1, 0.15) is 51.3 Å². The SMILES string of the molecule is CCCn1c(=O)c2ccccc2n2c(SCC(=O)NC(C)c3ccc(CC(C)C)cc3)nnc12. The van der Waals surface area contributed by atoms with Crippen molar-refractivity contribution in [2.75, 3.05) is 5.75 Å². The van der Waals surface area contributed by atoms with Gasteiger partial charge in [0, 0.05) is 6.54 Å². The number of amides is 1. The predicted molar refractivity (Wildman–Crippen MR) is 137 cm³/mol. The van der Waals surface area contributed by atoms with Crippen LogP contribution in [0.4, 0.5) is 0 Å². The average molecular weight is 478 g/mol. The van der Waals surface area contributed by atoms with Crippen molar-refractivity contribution >= 4 is 34.3 Å². The molecule has 0 aliphatic carbocycles. The van der Waals surface area contributed by atoms with Crippen LogP contribution in [-0.2, 0) is 17.8 Å². The summed E-state index contributed by atoms with van der Waals surface area (Å²) < 4.78 is 3.53. The van der Waals surface area contributed by atoms with Crippen molar-refractivity contribution in [3.05, 3.63) is 70.0 Å². The second kappa shape index (κ2) is 10.4. The lowest BCUT2D eigenvalue weighted by Gasteiger charge is -2.15. The number of nitrogens with one attached hydrogen (secondary N) is 1. The van der Waals surface area contributed by atoms with Crippen LogP contribution in [0.2, 0.25) is 0 Å². The number of rotatable bonds is 9. The zero-order chi connectivity index (χ0) is 24.2. The van der Waals surface area contributed by atoms with E-state index in [1.54, 1.807) is 4.57 Å². The van der Waals surface area contributed by atoms with Crippen molar-refractivity contribution in [2.24, 2.45) is 5.92 Å². The normalized spacial score (nSPS) is 12.5. The van der Waals surface area contributed by atoms with E-state index in [2.05, 4.69) is 53.6 Å². The Morgan fingerprint density at radius 3 is 2.50 bits per heavy atom. The van der Waals surface area contributed by atoms with Crippen LogP contribution in [0.3, 0.4) is 0 Å². The number of aryl methyl sites for hydroxylation is 1. The van der Waals surface area contributed by atoms with Crippen molar-refractivity contribution < 1.29 is 4.79 Å². The number of hydrogen-bond acceptors (Lipinski definition) is 5. The van der Waals surface area contributed by atoms with Gasteiger partial charge in [-0.1, -0.05) is 68.9 Å². The molecule has 8 heteroatoms. The molecule has 1 N–H and O–H groups in total. The summed E-state index contributed by atoms with van der Waals surface area (Å²) in [6.45, 7) is 8.98. The Balaban J connectivity index is 1.50. The first-order valence-corrected chi connectivity index (χ1v) is 12.7. The molecule has 2 aromatic carbocycles. The Kier molecular flexibility index (Phi) is 7.36. The van der Waals surface area contributed by atoms with Gasteiger partial charge >= 0.3 is 0 Å². The maximum Gasteiger partial charge on any atom is 0.262 e. The van der Waals surface area contributed by atoms with E-state index in [1.807, 2.05) is 42.5 Å². The van der Waals surface area contributed by atoms with Crippen molar-refractivity contribution in [1.29, 1.82) is 0 Å². The number of benzene rings is 2. The molecular formula is C26H31N5O2S.